The standard InChI is InChI=1S/C15H18N4O2/c1-15(11-5-3-2-4-6-11)8-7-13(20)19(10-15)9-12-16-14(21)18-17-12/h2-6H,7-10H2,1H3,(H2,16,17,18,21)/t15-/m1/s1. The molecule has 0 bridgehead atoms. The minimum Gasteiger partial charge on any atom is -0.334 e. The molecule has 1 fully saturated rings. The topological polar surface area (TPSA) is 81.8 Å². The predicted molar refractivity (Wildman–Crippen MR) is 77.7 cm³/mol. The summed E-state index contributed by atoms with van der Waals surface area (Å²) in [5.41, 5.74) is 0.824. The van der Waals surface area contributed by atoms with E-state index in [0.717, 1.165) is 6.42 Å². The van der Waals surface area contributed by atoms with Crippen LogP contribution in [-0.4, -0.2) is 32.5 Å². The van der Waals surface area contributed by atoms with E-state index in [-0.39, 0.29) is 17.0 Å². The summed E-state index contributed by atoms with van der Waals surface area (Å²) in [4.78, 5) is 27.6. The first-order chi connectivity index (χ1) is 10.1. The lowest BCUT2D eigenvalue weighted by molar-refractivity contribution is -0.136. The maximum absolute atomic E-state index is 12.1. The van der Waals surface area contributed by atoms with Gasteiger partial charge in [0, 0.05) is 18.4 Å². The Kier molecular flexibility index (Phi) is 3.37. The number of hydrogen-bond acceptors (Lipinski definition) is 3. The lowest BCUT2D eigenvalue weighted by Gasteiger charge is -2.40. The Morgan fingerprint density at radius 2 is 2.05 bits per heavy atom. The molecular formula is C15H18N4O2. The Hall–Kier alpha value is -2.37. The zero-order valence-electron chi connectivity index (χ0n) is 11.9. The number of amides is 1. The van der Waals surface area contributed by atoms with Crippen molar-refractivity contribution < 1.29 is 4.79 Å². The molecule has 21 heavy (non-hydrogen) atoms. The molecule has 0 radical (unpaired) electrons. The van der Waals surface area contributed by atoms with Crippen LogP contribution < -0.4 is 5.69 Å². The van der Waals surface area contributed by atoms with E-state index >= 15 is 0 Å². The van der Waals surface area contributed by atoms with Gasteiger partial charge in [-0.25, -0.2) is 9.89 Å². The molecule has 1 aliphatic rings. The van der Waals surface area contributed by atoms with Gasteiger partial charge in [0.15, 0.2) is 5.82 Å². The van der Waals surface area contributed by atoms with Crippen molar-refractivity contribution in [2.45, 2.75) is 31.7 Å². The second kappa shape index (κ2) is 5.20. The van der Waals surface area contributed by atoms with Gasteiger partial charge in [-0.05, 0) is 12.0 Å². The number of rotatable bonds is 3. The first kappa shape index (κ1) is 13.6. The fourth-order valence-corrected chi connectivity index (χ4v) is 2.91. The molecule has 0 spiro atoms. The molecule has 1 amide bonds. The fourth-order valence-electron chi connectivity index (χ4n) is 2.91. The summed E-state index contributed by atoms with van der Waals surface area (Å²) in [7, 11) is 0. The van der Waals surface area contributed by atoms with Crippen molar-refractivity contribution in [2.75, 3.05) is 6.54 Å². The van der Waals surface area contributed by atoms with E-state index in [1.807, 2.05) is 18.2 Å². The molecule has 2 N–H and O–H groups in total. The number of aromatic nitrogens is 3. The Labute approximate surface area is 122 Å². The number of hydrogen-bond donors (Lipinski definition) is 2. The number of nitrogens with one attached hydrogen (secondary N) is 2. The minimum absolute atomic E-state index is 0.0637. The van der Waals surface area contributed by atoms with E-state index < -0.39 is 0 Å². The molecule has 0 aliphatic carbocycles. The van der Waals surface area contributed by atoms with E-state index in [0.29, 0.717) is 25.3 Å². The maximum Gasteiger partial charge on any atom is 0.340 e. The predicted octanol–water partition coefficient (Wildman–Crippen LogP) is 1.18. The molecular weight excluding hydrogens is 268 g/mol. The van der Waals surface area contributed by atoms with Crippen LogP contribution in [0.2, 0.25) is 0 Å². The maximum atomic E-state index is 12.1. The summed E-state index contributed by atoms with van der Waals surface area (Å²) >= 11 is 0. The van der Waals surface area contributed by atoms with Crippen molar-refractivity contribution in [3.63, 3.8) is 0 Å². The Balaban J connectivity index is 1.81. The Morgan fingerprint density at radius 1 is 1.29 bits per heavy atom. The van der Waals surface area contributed by atoms with Gasteiger partial charge in [0.1, 0.15) is 0 Å². The van der Waals surface area contributed by atoms with E-state index in [4.69, 9.17) is 0 Å². The number of carbonyl (C=O) groups is 1. The number of benzene rings is 1. The van der Waals surface area contributed by atoms with Crippen molar-refractivity contribution >= 4 is 5.91 Å². The molecule has 1 aliphatic heterocycles. The molecule has 6 nitrogen and oxygen atoms in total. The number of likely N-dealkylation sites (tertiary alicyclic amines) is 1. The normalized spacial score (nSPS) is 22.5. The van der Waals surface area contributed by atoms with Crippen molar-refractivity contribution in [3.05, 3.63) is 52.2 Å². The van der Waals surface area contributed by atoms with Gasteiger partial charge in [-0.15, -0.1) is 0 Å². The van der Waals surface area contributed by atoms with Crippen molar-refractivity contribution in [1.29, 1.82) is 0 Å². The monoisotopic (exact) mass is 286 g/mol. The highest BCUT2D eigenvalue weighted by Gasteiger charge is 2.36. The molecule has 2 heterocycles. The number of aromatic amines is 2. The third-order valence-electron chi connectivity index (χ3n) is 4.14. The molecule has 6 heteroatoms. The Bertz CT molecular complexity index is 691. The molecule has 1 aromatic carbocycles. The van der Waals surface area contributed by atoms with Crippen LogP contribution in [0.15, 0.2) is 35.1 Å². The molecule has 1 aromatic heterocycles. The van der Waals surface area contributed by atoms with E-state index in [1.54, 1.807) is 4.90 Å². The van der Waals surface area contributed by atoms with Gasteiger partial charge in [-0.1, -0.05) is 37.3 Å². The SMILES string of the molecule is C[C@@]1(c2ccccc2)CCC(=O)N(Cc2n[nH]c(=O)[nH]2)C1. The van der Waals surface area contributed by atoms with Gasteiger partial charge in [0.2, 0.25) is 5.91 Å². The summed E-state index contributed by atoms with van der Waals surface area (Å²) in [6.07, 6.45) is 1.35. The van der Waals surface area contributed by atoms with Gasteiger partial charge >= 0.3 is 5.69 Å². The van der Waals surface area contributed by atoms with Gasteiger partial charge in [-0.2, -0.15) is 5.10 Å². The van der Waals surface area contributed by atoms with Crippen LogP contribution >= 0.6 is 0 Å². The molecule has 1 atom stereocenters. The smallest absolute Gasteiger partial charge is 0.334 e. The zero-order chi connectivity index (χ0) is 14.9. The molecule has 0 unspecified atom stereocenters. The number of piperidine rings is 1. The molecule has 2 aromatic rings. The minimum atomic E-state index is -0.347. The summed E-state index contributed by atoms with van der Waals surface area (Å²) in [5.74, 6) is 0.595. The second-order valence-electron chi connectivity index (χ2n) is 5.80. The fraction of sp³-hybridized carbons (Fsp3) is 0.400. The Morgan fingerprint density at radius 3 is 2.71 bits per heavy atom. The van der Waals surface area contributed by atoms with Crippen molar-refractivity contribution in [2.24, 2.45) is 0 Å². The highest BCUT2D eigenvalue weighted by atomic mass is 16.2. The van der Waals surface area contributed by atoms with Crippen LogP contribution in [0.1, 0.15) is 31.2 Å². The largest absolute Gasteiger partial charge is 0.340 e. The molecule has 3 rings (SSSR count). The van der Waals surface area contributed by atoms with Crippen LogP contribution in [0.4, 0.5) is 0 Å². The number of H-pyrrole nitrogens is 2. The second-order valence-corrected chi connectivity index (χ2v) is 5.80. The van der Waals surface area contributed by atoms with Crippen molar-refractivity contribution in [3.8, 4) is 0 Å². The van der Waals surface area contributed by atoms with Gasteiger partial charge in [0.25, 0.3) is 0 Å². The number of nitrogens with zero attached hydrogens (tertiary/aromatic N) is 2. The summed E-state index contributed by atoms with van der Waals surface area (Å²) in [5, 5.41) is 6.20. The van der Waals surface area contributed by atoms with Crippen LogP contribution in [0, 0.1) is 0 Å². The molecule has 1 saturated heterocycles. The van der Waals surface area contributed by atoms with Crippen LogP contribution in [0.25, 0.3) is 0 Å². The highest BCUT2D eigenvalue weighted by molar-refractivity contribution is 5.77. The van der Waals surface area contributed by atoms with Gasteiger partial charge < -0.3 is 4.90 Å². The lowest BCUT2D eigenvalue weighted by atomic mass is 9.76. The average Bonchev–Trinajstić information content (AvgIpc) is 2.89. The first-order valence-electron chi connectivity index (χ1n) is 7.04. The zero-order valence-corrected chi connectivity index (χ0v) is 11.9. The number of carbonyl (C=O) groups excluding carboxylic acids is 1. The van der Waals surface area contributed by atoms with Crippen LogP contribution in [0.5, 0.6) is 0 Å². The third kappa shape index (κ3) is 2.74. The average molecular weight is 286 g/mol. The third-order valence-corrected chi connectivity index (χ3v) is 4.14. The summed E-state index contributed by atoms with van der Waals surface area (Å²) < 4.78 is 0. The quantitative estimate of drug-likeness (QED) is 0.889. The van der Waals surface area contributed by atoms with Gasteiger partial charge in [-0.3, -0.25) is 9.78 Å². The van der Waals surface area contributed by atoms with Crippen LogP contribution in [-0.2, 0) is 16.8 Å². The summed E-state index contributed by atoms with van der Waals surface area (Å²) in [6, 6.07) is 10.2. The lowest BCUT2D eigenvalue weighted by Crippen LogP contribution is -2.47. The van der Waals surface area contributed by atoms with Gasteiger partial charge in [0.05, 0.1) is 6.54 Å². The van der Waals surface area contributed by atoms with Crippen LogP contribution in [0.3, 0.4) is 0 Å². The first-order valence-corrected chi connectivity index (χ1v) is 7.04. The highest BCUT2D eigenvalue weighted by Crippen LogP contribution is 2.34. The van der Waals surface area contributed by atoms with E-state index in [2.05, 4.69) is 34.2 Å². The molecule has 0 saturated carbocycles. The van der Waals surface area contributed by atoms with Crippen molar-refractivity contribution in [1.82, 2.24) is 20.1 Å². The van der Waals surface area contributed by atoms with E-state index in [9.17, 15) is 9.59 Å². The molecule has 110 valence electrons. The van der Waals surface area contributed by atoms with E-state index in [1.165, 1.54) is 5.56 Å². The summed E-state index contributed by atoms with van der Waals surface area (Å²) in [6.45, 7) is 3.14.